The lowest BCUT2D eigenvalue weighted by Crippen LogP contribution is -2.29. The summed E-state index contributed by atoms with van der Waals surface area (Å²) >= 11 is 5.91. The molecule has 0 bridgehead atoms. The maximum absolute atomic E-state index is 12.4. The van der Waals surface area contributed by atoms with Crippen molar-refractivity contribution in [3.05, 3.63) is 88.9 Å². The Morgan fingerprint density at radius 3 is 2.14 bits per heavy atom. The second kappa shape index (κ2) is 11.7. The first-order valence-corrected chi connectivity index (χ1v) is 12.9. The third-order valence-corrected chi connectivity index (χ3v) is 6.21. The van der Waals surface area contributed by atoms with Crippen LogP contribution in [-0.2, 0) is 26.1 Å². The van der Waals surface area contributed by atoms with Gasteiger partial charge in [0, 0.05) is 10.7 Å². The number of esters is 1. The Bertz CT molecular complexity index is 1260. The molecular formula is C25H25ClN2O6S. The summed E-state index contributed by atoms with van der Waals surface area (Å²) in [6.45, 7) is 1.90. The van der Waals surface area contributed by atoms with Crippen molar-refractivity contribution >= 4 is 44.9 Å². The molecule has 0 aliphatic carbocycles. The highest BCUT2D eigenvalue weighted by molar-refractivity contribution is 7.92. The highest BCUT2D eigenvalue weighted by atomic mass is 35.5. The summed E-state index contributed by atoms with van der Waals surface area (Å²) in [5.74, 6) is -0.417. The average Bonchev–Trinajstić information content (AvgIpc) is 2.83. The fourth-order valence-corrected chi connectivity index (χ4v) is 4.13. The largest absolute Gasteiger partial charge is 0.484 e. The van der Waals surface area contributed by atoms with E-state index >= 15 is 0 Å². The molecule has 0 atom stereocenters. The molecule has 10 heteroatoms. The molecule has 3 rings (SSSR count). The number of halogens is 1. The molecular weight excluding hydrogens is 492 g/mol. The lowest BCUT2D eigenvalue weighted by Gasteiger charge is -2.23. The zero-order valence-electron chi connectivity index (χ0n) is 19.2. The van der Waals surface area contributed by atoms with Gasteiger partial charge in [0.1, 0.15) is 5.75 Å². The molecule has 0 heterocycles. The van der Waals surface area contributed by atoms with E-state index in [0.717, 1.165) is 11.8 Å². The van der Waals surface area contributed by atoms with Crippen LogP contribution < -0.4 is 14.4 Å². The van der Waals surface area contributed by atoms with Gasteiger partial charge in [-0.3, -0.25) is 9.10 Å². The van der Waals surface area contributed by atoms with E-state index in [1.807, 2.05) is 0 Å². The third-order valence-electron chi connectivity index (χ3n) is 4.81. The molecule has 0 aliphatic heterocycles. The van der Waals surface area contributed by atoms with Gasteiger partial charge >= 0.3 is 5.97 Å². The Morgan fingerprint density at radius 2 is 1.57 bits per heavy atom. The van der Waals surface area contributed by atoms with Gasteiger partial charge in [0.2, 0.25) is 10.0 Å². The molecule has 0 unspecified atom stereocenters. The highest BCUT2D eigenvalue weighted by Crippen LogP contribution is 2.24. The van der Waals surface area contributed by atoms with E-state index in [9.17, 15) is 18.0 Å². The Labute approximate surface area is 209 Å². The summed E-state index contributed by atoms with van der Waals surface area (Å²) < 4.78 is 36.4. The van der Waals surface area contributed by atoms with Gasteiger partial charge in [-0.15, -0.1) is 0 Å². The minimum absolute atomic E-state index is 0.146. The first kappa shape index (κ1) is 26.1. The molecule has 0 spiro atoms. The molecule has 3 aromatic carbocycles. The van der Waals surface area contributed by atoms with Crippen LogP contribution in [0.4, 0.5) is 11.4 Å². The van der Waals surface area contributed by atoms with Gasteiger partial charge in [-0.2, -0.15) is 0 Å². The molecule has 0 radical (unpaired) electrons. The van der Waals surface area contributed by atoms with Crippen molar-refractivity contribution < 1.29 is 27.5 Å². The molecule has 3 aromatic rings. The smallest absolute Gasteiger partial charge is 0.338 e. The second-order valence-electron chi connectivity index (χ2n) is 7.52. The van der Waals surface area contributed by atoms with E-state index in [-0.39, 0.29) is 19.8 Å². The number of sulfonamides is 1. The molecule has 0 saturated heterocycles. The van der Waals surface area contributed by atoms with Crippen molar-refractivity contribution in [1.82, 2.24) is 0 Å². The van der Waals surface area contributed by atoms with Gasteiger partial charge < -0.3 is 14.8 Å². The topological polar surface area (TPSA) is 102 Å². The molecule has 8 nitrogen and oxygen atoms in total. The van der Waals surface area contributed by atoms with Gasteiger partial charge in [0.25, 0.3) is 5.91 Å². The van der Waals surface area contributed by atoms with Crippen LogP contribution in [0.5, 0.6) is 5.75 Å². The summed E-state index contributed by atoms with van der Waals surface area (Å²) in [5.41, 5.74) is 2.14. The van der Waals surface area contributed by atoms with Gasteiger partial charge in [-0.05, 0) is 73.2 Å². The number of rotatable bonds is 10. The first-order chi connectivity index (χ1) is 16.7. The zero-order chi connectivity index (χ0) is 25.4. The lowest BCUT2D eigenvalue weighted by atomic mass is 10.2. The third kappa shape index (κ3) is 7.73. The zero-order valence-corrected chi connectivity index (χ0v) is 20.8. The van der Waals surface area contributed by atoms with Crippen molar-refractivity contribution in [3.63, 3.8) is 0 Å². The highest BCUT2D eigenvalue weighted by Gasteiger charge is 2.18. The SMILES string of the molecule is CCOC(=O)c1ccc(NC(=O)COc2ccc(N(Cc3ccc(Cl)cc3)S(C)(=O)=O)cc2)cc1. The van der Waals surface area contributed by atoms with Crippen molar-refractivity contribution in [2.45, 2.75) is 13.5 Å². The van der Waals surface area contributed by atoms with Gasteiger partial charge in [0.05, 0.1) is 30.7 Å². The number of carbonyl (C=O) groups is 2. The number of ether oxygens (including phenoxy) is 2. The minimum atomic E-state index is -3.54. The Kier molecular flexibility index (Phi) is 8.73. The fraction of sp³-hybridized carbons (Fsp3) is 0.200. The standard InChI is InChI=1S/C25H25ClN2O6S/c1-3-33-25(30)19-6-10-21(11-7-19)27-24(29)17-34-23-14-12-22(13-15-23)28(35(2,31)32)16-18-4-8-20(26)9-5-18/h4-15H,3,16-17H2,1-2H3,(H,27,29). The van der Waals surface area contributed by atoms with Crippen LogP contribution in [0.3, 0.4) is 0 Å². The van der Waals surface area contributed by atoms with E-state index in [2.05, 4.69) is 5.32 Å². The van der Waals surface area contributed by atoms with Gasteiger partial charge in [0.15, 0.2) is 6.61 Å². The van der Waals surface area contributed by atoms with Crippen LogP contribution >= 0.6 is 11.6 Å². The summed E-state index contributed by atoms with van der Waals surface area (Å²) in [4.78, 5) is 23.9. The number of benzene rings is 3. The average molecular weight is 517 g/mol. The second-order valence-corrected chi connectivity index (χ2v) is 9.87. The molecule has 35 heavy (non-hydrogen) atoms. The Balaban J connectivity index is 1.58. The normalized spacial score (nSPS) is 10.9. The lowest BCUT2D eigenvalue weighted by molar-refractivity contribution is -0.118. The van der Waals surface area contributed by atoms with Gasteiger partial charge in [-0.25, -0.2) is 13.2 Å². The number of anilines is 2. The Hall–Kier alpha value is -3.56. The van der Waals surface area contributed by atoms with Crippen LogP contribution in [-0.4, -0.2) is 39.8 Å². The van der Waals surface area contributed by atoms with E-state index in [0.29, 0.717) is 27.7 Å². The van der Waals surface area contributed by atoms with Crippen molar-refractivity contribution in [1.29, 1.82) is 0 Å². The fourth-order valence-electron chi connectivity index (χ4n) is 3.11. The van der Waals surface area contributed by atoms with Crippen molar-refractivity contribution in [2.24, 2.45) is 0 Å². The molecule has 1 N–H and O–H groups in total. The van der Waals surface area contributed by atoms with Crippen molar-refractivity contribution in [3.8, 4) is 5.75 Å². The van der Waals surface area contributed by atoms with Crippen molar-refractivity contribution in [2.75, 3.05) is 29.1 Å². The Morgan fingerprint density at radius 1 is 0.943 bits per heavy atom. The quantitative estimate of drug-likeness (QED) is 0.398. The van der Waals surface area contributed by atoms with Gasteiger partial charge in [-0.1, -0.05) is 23.7 Å². The molecule has 0 saturated carbocycles. The predicted octanol–water partition coefficient (Wildman–Crippen LogP) is 4.50. The van der Waals surface area contributed by atoms with E-state index in [1.165, 1.54) is 4.31 Å². The number of nitrogens with one attached hydrogen (secondary N) is 1. The van der Waals surface area contributed by atoms with Crippen LogP contribution in [0, 0.1) is 0 Å². The molecule has 1 amide bonds. The van der Waals surface area contributed by atoms with E-state index < -0.39 is 21.9 Å². The maximum atomic E-state index is 12.4. The summed E-state index contributed by atoms with van der Waals surface area (Å²) in [7, 11) is -3.54. The first-order valence-electron chi connectivity index (χ1n) is 10.7. The summed E-state index contributed by atoms with van der Waals surface area (Å²) in [6, 6.07) is 19.7. The molecule has 0 aromatic heterocycles. The summed E-state index contributed by atoms with van der Waals surface area (Å²) in [6.07, 6.45) is 1.14. The van der Waals surface area contributed by atoms with E-state index in [1.54, 1.807) is 79.7 Å². The van der Waals surface area contributed by atoms with Crippen LogP contribution in [0.15, 0.2) is 72.8 Å². The summed E-state index contributed by atoms with van der Waals surface area (Å²) in [5, 5.41) is 3.25. The maximum Gasteiger partial charge on any atom is 0.338 e. The predicted molar refractivity (Wildman–Crippen MR) is 135 cm³/mol. The number of amides is 1. The molecule has 184 valence electrons. The van der Waals surface area contributed by atoms with E-state index in [4.69, 9.17) is 21.1 Å². The molecule has 0 aliphatic rings. The minimum Gasteiger partial charge on any atom is -0.484 e. The van der Waals surface area contributed by atoms with Crippen LogP contribution in [0.1, 0.15) is 22.8 Å². The number of carbonyl (C=O) groups excluding carboxylic acids is 2. The number of nitrogens with zero attached hydrogens (tertiary/aromatic N) is 1. The van der Waals surface area contributed by atoms with Crippen LogP contribution in [0.2, 0.25) is 5.02 Å². The molecule has 0 fully saturated rings. The monoisotopic (exact) mass is 516 g/mol. The number of hydrogen-bond donors (Lipinski definition) is 1. The van der Waals surface area contributed by atoms with Crippen LogP contribution in [0.25, 0.3) is 0 Å². The number of hydrogen-bond acceptors (Lipinski definition) is 6.